The molecule has 2 aromatic rings. The second kappa shape index (κ2) is 7.53. The molecule has 6 nitrogen and oxygen atoms in total. The number of benzene rings is 1. The van der Waals surface area contributed by atoms with Crippen LogP contribution in [0.15, 0.2) is 38.8 Å². The van der Waals surface area contributed by atoms with Crippen molar-refractivity contribution in [3.8, 4) is 5.88 Å². The van der Waals surface area contributed by atoms with Gasteiger partial charge in [-0.2, -0.15) is 0 Å². The highest BCUT2D eigenvalue weighted by molar-refractivity contribution is 8.14. The predicted octanol–water partition coefficient (Wildman–Crippen LogP) is 2.32. The van der Waals surface area contributed by atoms with Gasteiger partial charge >= 0.3 is 5.69 Å². The van der Waals surface area contributed by atoms with Gasteiger partial charge in [-0.05, 0) is 31.2 Å². The van der Waals surface area contributed by atoms with Crippen molar-refractivity contribution in [1.82, 2.24) is 9.13 Å². The molecule has 1 N–H and O–H groups in total. The van der Waals surface area contributed by atoms with Crippen molar-refractivity contribution in [3.63, 3.8) is 0 Å². The molecule has 0 unspecified atom stereocenters. The molecule has 0 radical (unpaired) electrons. The van der Waals surface area contributed by atoms with Gasteiger partial charge in [-0.15, -0.1) is 11.8 Å². The first-order valence-electron chi connectivity index (χ1n) is 7.64. The number of thioether (sulfide) groups is 1. The molecule has 0 amide bonds. The van der Waals surface area contributed by atoms with E-state index < -0.39 is 11.2 Å². The maximum atomic E-state index is 12.5. The van der Waals surface area contributed by atoms with Gasteiger partial charge in [0.2, 0.25) is 5.88 Å². The number of nitrogens with zero attached hydrogens (tertiary/aromatic N) is 3. The van der Waals surface area contributed by atoms with Crippen molar-refractivity contribution in [2.75, 3.05) is 5.75 Å². The average molecular weight is 347 g/mol. The number of hydrogen-bond donors (Lipinski definition) is 1. The summed E-state index contributed by atoms with van der Waals surface area (Å²) in [5, 5.41) is 10.7. The standard InChI is InChI=1S/C17H21N3O3S/c1-5-10-24-14(18-12-8-6-11(2)7-9-12)13-15(21)19(3)17(23)20(4)16(13)22/h6-9,21H,5,10H2,1-4H3. The fourth-order valence-corrected chi connectivity index (χ4v) is 3.01. The maximum absolute atomic E-state index is 12.5. The molecule has 1 aromatic heterocycles. The Bertz CT molecular complexity index is 880. The Morgan fingerprint density at radius 2 is 1.79 bits per heavy atom. The van der Waals surface area contributed by atoms with Crippen molar-refractivity contribution >= 4 is 22.5 Å². The van der Waals surface area contributed by atoms with Crippen molar-refractivity contribution in [1.29, 1.82) is 0 Å². The van der Waals surface area contributed by atoms with Gasteiger partial charge in [0.25, 0.3) is 5.56 Å². The smallest absolute Gasteiger partial charge is 0.333 e. The van der Waals surface area contributed by atoms with E-state index in [1.54, 1.807) is 0 Å². The van der Waals surface area contributed by atoms with Crippen LogP contribution in [0.4, 0.5) is 5.69 Å². The highest BCUT2D eigenvalue weighted by atomic mass is 32.2. The minimum absolute atomic E-state index is 0.0543. The number of hydrogen-bond acceptors (Lipinski definition) is 5. The molecular formula is C17H21N3O3S. The summed E-state index contributed by atoms with van der Waals surface area (Å²) in [7, 11) is 2.82. The zero-order valence-electron chi connectivity index (χ0n) is 14.2. The minimum atomic E-state index is -0.573. The third-order valence-corrected chi connectivity index (χ3v) is 4.74. The average Bonchev–Trinajstić information content (AvgIpc) is 2.58. The molecule has 0 bridgehead atoms. The van der Waals surface area contributed by atoms with Crippen molar-refractivity contribution < 1.29 is 5.11 Å². The lowest BCUT2D eigenvalue weighted by molar-refractivity contribution is 0.410. The van der Waals surface area contributed by atoms with Crippen molar-refractivity contribution in [2.45, 2.75) is 20.3 Å². The molecule has 0 saturated heterocycles. The van der Waals surface area contributed by atoms with Gasteiger partial charge in [-0.25, -0.2) is 9.79 Å². The second-order valence-electron chi connectivity index (χ2n) is 5.51. The topological polar surface area (TPSA) is 76.6 Å². The molecule has 0 saturated carbocycles. The van der Waals surface area contributed by atoms with Crippen LogP contribution < -0.4 is 11.2 Å². The Morgan fingerprint density at radius 1 is 1.17 bits per heavy atom. The SMILES string of the molecule is CCCSC(=Nc1ccc(C)cc1)c1c(O)n(C)c(=O)n(C)c1=O. The van der Waals surface area contributed by atoms with Crippen LogP contribution in [-0.2, 0) is 14.1 Å². The molecule has 1 aromatic carbocycles. The van der Waals surface area contributed by atoms with E-state index in [9.17, 15) is 14.7 Å². The molecule has 7 heteroatoms. The van der Waals surface area contributed by atoms with E-state index in [-0.39, 0.29) is 11.4 Å². The first-order chi connectivity index (χ1) is 11.4. The molecule has 0 aliphatic heterocycles. The highest BCUT2D eigenvalue weighted by Crippen LogP contribution is 2.23. The Balaban J connectivity index is 2.67. The van der Waals surface area contributed by atoms with Crippen LogP contribution in [0.1, 0.15) is 24.5 Å². The van der Waals surface area contributed by atoms with Crippen LogP contribution in [0.5, 0.6) is 5.88 Å². The molecule has 2 rings (SSSR count). The highest BCUT2D eigenvalue weighted by Gasteiger charge is 2.20. The molecular weight excluding hydrogens is 326 g/mol. The zero-order valence-corrected chi connectivity index (χ0v) is 15.1. The second-order valence-corrected chi connectivity index (χ2v) is 6.59. The van der Waals surface area contributed by atoms with Crippen LogP contribution in [0, 0.1) is 6.92 Å². The van der Waals surface area contributed by atoms with Crippen molar-refractivity contribution in [3.05, 3.63) is 56.2 Å². The van der Waals surface area contributed by atoms with Crippen LogP contribution in [-0.4, -0.2) is 25.0 Å². The fraction of sp³-hybridized carbons (Fsp3) is 0.353. The third kappa shape index (κ3) is 3.62. The van der Waals surface area contributed by atoms with E-state index in [1.807, 2.05) is 38.1 Å². The summed E-state index contributed by atoms with van der Waals surface area (Å²) in [6.07, 6.45) is 0.893. The van der Waals surface area contributed by atoms with Gasteiger partial charge in [0.05, 0.1) is 5.69 Å². The monoisotopic (exact) mass is 347 g/mol. The first kappa shape index (κ1) is 18.1. The Labute approximate surface area is 144 Å². The summed E-state index contributed by atoms with van der Waals surface area (Å²) < 4.78 is 2.03. The van der Waals surface area contributed by atoms with E-state index in [1.165, 1.54) is 25.9 Å². The van der Waals surface area contributed by atoms with Crippen LogP contribution in [0.2, 0.25) is 0 Å². The number of aliphatic imine (C=N–C) groups is 1. The van der Waals surface area contributed by atoms with Gasteiger partial charge in [-0.1, -0.05) is 24.6 Å². The Kier molecular flexibility index (Phi) is 5.66. The van der Waals surface area contributed by atoms with Gasteiger partial charge < -0.3 is 5.11 Å². The molecule has 24 heavy (non-hydrogen) atoms. The maximum Gasteiger partial charge on any atom is 0.333 e. The first-order valence-corrected chi connectivity index (χ1v) is 8.62. The zero-order chi connectivity index (χ0) is 17.9. The lowest BCUT2D eigenvalue weighted by atomic mass is 10.2. The molecule has 0 fully saturated rings. The summed E-state index contributed by atoms with van der Waals surface area (Å²) in [5.74, 6) is 0.383. The predicted molar refractivity (Wildman–Crippen MR) is 98.7 cm³/mol. The number of aromatic hydroxyl groups is 1. The van der Waals surface area contributed by atoms with Gasteiger partial charge in [0.1, 0.15) is 10.6 Å². The molecule has 0 aliphatic carbocycles. The summed E-state index contributed by atoms with van der Waals surface area (Å²) >= 11 is 1.39. The fourth-order valence-electron chi connectivity index (χ4n) is 2.12. The molecule has 0 atom stereocenters. The molecule has 0 spiro atoms. The van der Waals surface area contributed by atoms with E-state index in [0.29, 0.717) is 10.7 Å². The van der Waals surface area contributed by atoms with E-state index in [2.05, 4.69) is 4.99 Å². The summed E-state index contributed by atoms with van der Waals surface area (Å²) in [5.41, 5.74) is 0.729. The quantitative estimate of drug-likeness (QED) is 0.680. The molecule has 0 aliphatic rings. The van der Waals surface area contributed by atoms with Crippen molar-refractivity contribution in [2.24, 2.45) is 19.1 Å². The minimum Gasteiger partial charge on any atom is -0.494 e. The summed E-state index contributed by atoms with van der Waals surface area (Å²) in [6, 6.07) is 7.57. The van der Waals surface area contributed by atoms with Crippen LogP contribution >= 0.6 is 11.8 Å². The molecule has 128 valence electrons. The summed E-state index contributed by atoms with van der Waals surface area (Å²) in [6.45, 7) is 4.00. The lowest BCUT2D eigenvalue weighted by Crippen LogP contribution is -2.39. The van der Waals surface area contributed by atoms with Gasteiger partial charge in [0, 0.05) is 14.1 Å². The van der Waals surface area contributed by atoms with E-state index in [4.69, 9.17) is 0 Å². The van der Waals surface area contributed by atoms with Gasteiger partial charge in [-0.3, -0.25) is 13.9 Å². The van der Waals surface area contributed by atoms with E-state index >= 15 is 0 Å². The lowest BCUT2D eigenvalue weighted by Gasteiger charge is -2.12. The summed E-state index contributed by atoms with van der Waals surface area (Å²) in [4.78, 5) is 29.0. The Hall–Kier alpha value is -2.28. The van der Waals surface area contributed by atoms with Crippen LogP contribution in [0.3, 0.4) is 0 Å². The Morgan fingerprint density at radius 3 is 2.38 bits per heavy atom. The largest absolute Gasteiger partial charge is 0.494 e. The number of aromatic nitrogens is 2. The normalized spacial score (nSPS) is 11.8. The third-order valence-electron chi connectivity index (χ3n) is 3.56. The van der Waals surface area contributed by atoms with Crippen LogP contribution in [0.25, 0.3) is 0 Å². The number of rotatable bonds is 4. The van der Waals surface area contributed by atoms with Gasteiger partial charge in [0.15, 0.2) is 0 Å². The molecule has 1 heterocycles. The number of aryl methyl sites for hydroxylation is 1. The van der Waals surface area contributed by atoms with E-state index in [0.717, 1.165) is 26.9 Å².